The SMILES string of the molecule is C[C@@H]1NC[C@@H](c2ccccc2)S(=O)(=O)C1Cc1ccc(C2(C(C)(C)O)CCOCC2)cc1F. The molecule has 0 amide bonds. The molecule has 33 heavy (non-hydrogen) atoms. The van der Waals surface area contributed by atoms with Crippen molar-refractivity contribution in [3.63, 3.8) is 0 Å². The third kappa shape index (κ3) is 4.48. The molecule has 2 saturated heterocycles. The molecular formula is C26H34FNO4S. The van der Waals surface area contributed by atoms with Crippen LogP contribution in [0.4, 0.5) is 4.39 Å². The smallest absolute Gasteiger partial charge is 0.163 e. The summed E-state index contributed by atoms with van der Waals surface area (Å²) >= 11 is 0. The Morgan fingerprint density at radius 1 is 1.15 bits per heavy atom. The highest BCUT2D eigenvalue weighted by atomic mass is 32.2. The van der Waals surface area contributed by atoms with E-state index in [0.29, 0.717) is 38.2 Å². The summed E-state index contributed by atoms with van der Waals surface area (Å²) in [6.45, 7) is 6.74. The molecule has 180 valence electrons. The lowest BCUT2D eigenvalue weighted by molar-refractivity contribution is -0.0663. The lowest BCUT2D eigenvalue weighted by Gasteiger charge is -2.46. The number of rotatable bonds is 5. The van der Waals surface area contributed by atoms with E-state index in [0.717, 1.165) is 11.1 Å². The van der Waals surface area contributed by atoms with Gasteiger partial charge in [-0.3, -0.25) is 0 Å². The van der Waals surface area contributed by atoms with Gasteiger partial charge < -0.3 is 15.2 Å². The summed E-state index contributed by atoms with van der Waals surface area (Å²) in [5.41, 5.74) is 0.226. The molecule has 0 aromatic heterocycles. The van der Waals surface area contributed by atoms with Crippen molar-refractivity contribution in [2.45, 2.75) is 67.6 Å². The molecule has 0 spiro atoms. The highest BCUT2D eigenvalue weighted by Gasteiger charge is 2.47. The Kier molecular flexibility index (Phi) is 6.71. The van der Waals surface area contributed by atoms with E-state index in [4.69, 9.17) is 4.74 Å². The van der Waals surface area contributed by atoms with E-state index in [9.17, 15) is 13.5 Å². The maximum atomic E-state index is 15.4. The van der Waals surface area contributed by atoms with Crippen LogP contribution in [0.15, 0.2) is 48.5 Å². The molecule has 2 aromatic rings. The quantitative estimate of drug-likeness (QED) is 0.690. The minimum Gasteiger partial charge on any atom is -0.390 e. The summed E-state index contributed by atoms with van der Waals surface area (Å²) < 4.78 is 47.9. The Bertz CT molecular complexity index is 1080. The van der Waals surface area contributed by atoms with Crippen molar-refractivity contribution in [2.75, 3.05) is 19.8 Å². The average Bonchev–Trinajstić information content (AvgIpc) is 2.77. The molecular weight excluding hydrogens is 441 g/mol. The zero-order valence-electron chi connectivity index (χ0n) is 19.6. The van der Waals surface area contributed by atoms with E-state index in [-0.39, 0.29) is 12.5 Å². The van der Waals surface area contributed by atoms with E-state index < -0.39 is 37.2 Å². The fourth-order valence-corrected chi connectivity index (χ4v) is 7.87. The van der Waals surface area contributed by atoms with Crippen LogP contribution in [0, 0.1) is 5.82 Å². The summed E-state index contributed by atoms with van der Waals surface area (Å²) in [4.78, 5) is 0. The highest BCUT2D eigenvalue weighted by molar-refractivity contribution is 7.92. The van der Waals surface area contributed by atoms with Gasteiger partial charge in [-0.05, 0) is 62.8 Å². The zero-order valence-corrected chi connectivity index (χ0v) is 20.4. The molecule has 2 aliphatic rings. The van der Waals surface area contributed by atoms with Gasteiger partial charge in [-0.15, -0.1) is 0 Å². The van der Waals surface area contributed by atoms with E-state index in [1.807, 2.05) is 43.3 Å². The Balaban J connectivity index is 1.64. The van der Waals surface area contributed by atoms with Gasteiger partial charge in [0.1, 0.15) is 5.82 Å². The minimum absolute atomic E-state index is 0.102. The number of sulfone groups is 1. The number of benzene rings is 2. The highest BCUT2D eigenvalue weighted by Crippen LogP contribution is 2.44. The van der Waals surface area contributed by atoms with Gasteiger partial charge in [0.05, 0.1) is 16.1 Å². The number of hydrogen-bond donors (Lipinski definition) is 2. The number of hydrogen-bond acceptors (Lipinski definition) is 5. The Morgan fingerprint density at radius 3 is 2.42 bits per heavy atom. The molecule has 2 fully saturated rings. The lowest BCUT2D eigenvalue weighted by Crippen LogP contribution is -2.53. The van der Waals surface area contributed by atoms with Crippen LogP contribution in [0.1, 0.15) is 55.6 Å². The third-order valence-corrected chi connectivity index (χ3v) is 10.4. The minimum atomic E-state index is -3.53. The second-order valence-corrected chi connectivity index (χ2v) is 12.3. The van der Waals surface area contributed by atoms with Gasteiger partial charge in [0.15, 0.2) is 9.84 Å². The van der Waals surface area contributed by atoms with Crippen LogP contribution in [0.3, 0.4) is 0 Å². The molecule has 3 atom stereocenters. The van der Waals surface area contributed by atoms with Gasteiger partial charge in [-0.2, -0.15) is 0 Å². The second kappa shape index (κ2) is 9.10. The van der Waals surface area contributed by atoms with Crippen molar-refractivity contribution in [1.29, 1.82) is 0 Å². The first-order valence-corrected chi connectivity index (χ1v) is 13.3. The maximum absolute atomic E-state index is 15.4. The predicted octanol–water partition coefficient (Wildman–Crippen LogP) is 3.70. The largest absolute Gasteiger partial charge is 0.390 e. The predicted molar refractivity (Wildman–Crippen MR) is 127 cm³/mol. The van der Waals surface area contributed by atoms with Gasteiger partial charge in [-0.25, -0.2) is 12.8 Å². The van der Waals surface area contributed by atoms with Crippen LogP contribution in [0.25, 0.3) is 0 Å². The Labute approximate surface area is 196 Å². The van der Waals surface area contributed by atoms with Crippen molar-refractivity contribution in [2.24, 2.45) is 0 Å². The molecule has 0 bridgehead atoms. The normalized spacial score (nSPS) is 27.2. The first kappa shape index (κ1) is 24.3. The molecule has 2 aliphatic heterocycles. The second-order valence-electron chi connectivity index (χ2n) is 9.99. The van der Waals surface area contributed by atoms with E-state index in [2.05, 4.69) is 5.32 Å². The summed E-state index contributed by atoms with van der Waals surface area (Å²) in [7, 11) is -3.53. The van der Waals surface area contributed by atoms with E-state index >= 15 is 4.39 Å². The van der Waals surface area contributed by atoms with Crippen LogP contribution >= 0.6 is 0 Å². The maximum Gasteiger partial charge on any atom is 0.163 e. The van der Waals surface area contributed by atoms with Crippen LogP contribution in [0.2, 0.25) is 0 Å². The van der Waals surface area contributed by atoms with E-state index in [1.54, 1.807) is 19.9 Å². The fourth-order valence-electron chi connectivity index (χ4n) is 5.51. The lowest BCUT2D eigenvalue weighted by atomic mass is 9.64. The molecule has 4 rings (SSSR count). The van der Waals surface area contributed by atoms with Crippen LogP contribution in [-0.4, -0.2) is 50.2 Å². The van der Waals surface area contributed by atoms with Crippen molar-refractivity contribution < 1.29 is 22.7 Å². The van der Waals surface area contributed by atoms with Crippen LogP contribution in [-0.2, 0) is 26.4 Å². The van der Waals surface area contributed by atoms with Gasteiger partial charge >= 0.3 is 0 Å². The van der Waals surface area contributed by atoms with Crippen molar-refractivity contribution >= 4 is 9.84 Å². The third-order valence-electron chi connectivity index (χ3n) is 7.72. The number of ether oxygens (including phenoxy) is 1. The Morgan fingerprint density at radius 2 is 1.82 bits per heavy atom. The van der Waals surface area contributed by atoms with Crippen molar-refractivity contribution in [1.82, 2.24) is 5.32 Å². The first-order chi connectivity index (χ1) is 15.6. The molecule has 2 aromatic carbocycles. The summed E-state index contributed by atoms with van der Waals surface area (Å²) in [5.74, 6) is -0.424. The number of halogens is 1. The standard InChI is InChI=1S/C26H34FNO4S/c1-18-23(33(30,31)24(17-28-18)19-7-5-4-6-8-19)15-20-9-10-21(16-22(20)27)26(25(2,3)29)11-13-32-14-12-26/h4-10,16,18,23-24,28-29H,11-15,17H2,1-3H3/t18-,23?,24-/m0/s1. The first-order valence-electron chi connectivity index (χ1n) is 11.7. The van der Waals surface area contributed by atoms with Gasteiger partial charge in [0, 0.05) is 31.2 Å². The Hall–Kier alpha value is -1.80. The zero-order chi connectivity index (χ0) is 23.9. The fraction of sp³-hybridized carbons (Fsp3) is 0.538. The van der Waals surface area contributed by atoms with E-state index in [1.165, 1.54) is 6.07 Å². The van der Waals surface area contributed by atoms with Crippen LogP contribution in [0.5, 0.6) is 0 Å². The molecule has 1 unspecified atom stereocenters. The van der Waals surface area contributed by atoms with Gasteiger partial charge in [0.25, 0.3) is 0 Å². The van der Waals surface area contributed by atoms with Crippen molar-refractivity contribution in [3.8, 4) is 0 Å². The van der Waals surface area contributed by atoms with Crippen LogP contribution < -0.4 is 5.32 Å². The summed E-state index contributed by atoms with van der Waals surface area (Å²) in [5, 5.41) is 12.9. The molecule has 2 heterocycles. The topological polar surface area (TPSA) is 75.6 Å². The van der Waals surface area contributed by atoms with Gasteiger partial charge in [0.2, 0.25) is 0 Å². The molecule has 0 aliphatic carbocycles. The van der Waals surface area contributed by atoms with Crippen molar-refractivity contribution in [3.05, 3.63) is 71.0 Å². The number of aliphatic hydroxyl groups is 1. The molecule has 5 nitrogen and oxygen atoms in total. The van der Waals surface area contributed by atoms with Gasteiger partial charge in [-0.1, -0.05) is 42.5 Å². The molecule has 0 saturated carbocycles. The summed E-state index contributed by atoms with van der Waals surface area (Å²) in [6.07, 6.45) is 1.31. The average molecular weight is 476 g/mol. The molecule has 2 N–H and O–H groups in total. The molecule has 7 heteroatoms. The molecule has 0 radical (unpaired) electrons. The number of nitrogens with one attached hydrogen (secondary N) is 1. The summed E-state index contributed by atoms with van der Waals surface area (Å²) in [6, 6.07) is 13.9. The monoisotopic (exact) mass is 475 g/mol.